The molecule has 0 bridgehead atoms. The Labute approximate surface area is 98.8 Å². The van der Waals surface area contributed by atoms with E-state index in [1.165, 1.54) is 12.1 Å². The predicted molar refractivity (Wildman–Crippen MR) is 60.7 cm³/mol. The molecule has 0 unspecified atom stereocenters. The van der Waals surface area contributed by atoms with E-state index in [4.69, 9.17) is 10.7 Å². The van der Waals surface area contributed by atoms with E-state index in [1.807, 2.05) is 0 Å². The summed E-state index contributed by atoms with van der Waals surface area (Å²) >= 11 is 0. The molecule has 1 fully saturated rings. The molecule has 1 aliphatic carbocycles. The maximum Gasteiger partial charge on any atom is 0.261 e. The Balaban J connectivity index is 2.57. The molecular formula is C11H12ClFO2S. The Bertz CT molecular complexity index is 492. The monoisotopic (exact) mass is 262 g/mol. The van der Waals surface area contributed by atoms with Crippen molar-refractivity contribution in [2.75, 3.05) is 0 Å². The third-order valence-corrected chi connectivity index (χ3v) is 4.41. The number of hydrogen-bond donors (Lipinski definition) is 0. The lowest BCUT2D eigenvalue weighted by Gasteiger charge is -2.21. The molecule has 0 atom stereocenters. The normalized spacial score (nSPS) is 19.9. The van der Waals surface area contributed by atoms with Gasteiger partial charge in [-0.2, -0.15) is 0 Å². The fraction of sp³-hybridized carbons (Fsp3) is 0.455. The van der Waals surface area contributed by atoms with Crippen LogP contribution >= 0.6 is 10.7 Å². The van der Waals surface area contributed by atoms with Gasteiger partial charge in [-0.3, -0.25) is 0 Å². The molecule has 0 saturated heterocycles. The number of benzene rings is 1. The van der Waals surface area contributed by atoms with E-state index in [0.717, 1.165) is 12.8 Å². The summed E-state index contributed by atoms with van der Waals surface area (Å²) < 4.78 is 37.2. The number of halogens is 2. The molecule has 0 radical (unpaired) electrons. The smallest absolute Gasteiger partial charge is 0.239 e. The van der Waals surface area contributed by atoms with Crippen LogP contribution in [0.15, 0.2) is 29.2 Å². The highest BCUT2D eigenvalue weighted by Crippen LogP contribution is 2.44. The second-order valence-corrected chi connectivity index (χ2v) is 6.64. The maximum absolute atomic E-state index is 14.5. The molecule has 1 aromatic carbocycles. The average Bonchev–Trinajstić information content (AvgIpc) is 2.65. The Morgan fingerprint density at radius 1 is 1.19 bits per heavy atom. The molecule has 16 heavy (non-hydrogen) atoms. The zero-order valence-electron chi connectivity index (χ0n) is 8.62. The van der Waals surface area contributed by atoms with E-state index in [2.05, 4.69) is 0 Å². The van der Waals surface area contributed by atoms with Crippen molar-refractivity contribution in [2.45, 2.75) is 36.2 Å². The molecular weight excluding hydrogens is 251 g/mol. The van der Waals surface area contributed by atoms with Crippen LogP contribution in [0.1, 0.15) is 31.2 Å². The number of hydrogen-bond acceptors (Lipinski definition) is 2. The Hall–Kier alpha value is -0.610. The van der Waals surface area contributed by atoms with Crippen molar-refractivity contribution >= 4 is 19.7 Å². The minimum Gasteiger partial charge on any atom is -0.239 e. The lowest BCUT2D eigenvalue weighted by Crippen LogP contribution is -2.17. The van der Waals surface area contributed by atoms with E-state index in [1.54, 1.807) is 12.1 Å². The van der Waals surface area contributed by atoms with Crippen LogP contribution in [0, 0.1) is 0 Å². The fourth-order valence-electron chi connectivity index (χ4n) is 2.25. The molecule has 1 aliphatic rings. The molecule has 1 aromatic rings. The van der Waals surface area contributed by atoms with Crippen LogP contribution in [0.2, 0.25) is 0 Å². The van der Waals surface area contributed by atoms with Crippen LogP contribution in [0.25, 0.3) is 0 Å². The molecule has 2 nitrogen and oxygen atoms in total. The predicted octanol–water partition coefficient (Wildman–Crippen LogP) is 3.35. The minimum absolute atomic E-state index is 0.0962. The third-order valence-electron chi connectivity index (χ3n) is 3.03. The molecule has 2 rings (SSSR count). The SMILES string of the molecule is O=S(=O)(Cl)c1ccccc1C1(F)CCCC1. The molecule has 0 heterocycles. The van der Waals surface area contributed by atoms with Crippen molar-refractivity contribution in [3.05, 3.63) is 29.8 Å². The van der Waals surface area contributed by atoms with E-state index < -0.39 is 14.7 Å². The van der Waals surface area contributed by atoms with Gasteiger partial charge in [0.15, 0.2) is 0 Å². The first kappa shape index (κ1) is 11.9. The third kappa shape index (κ3) is 2.09. The van der Waals surface area contributed by atoms with E-state index in [0.29, 0.717) is 12.8 Å². The van der Waals surface area contributed by atoms with Crippen molar-refractivity contribution in [1.29, 1.82) is 0 Å². The van der Waals surface area contributed by atoms with Gasteiger partial charge >= 0.3 is 0 Å². The first-order chi connectivity index (χ1) is 7.43. The van der Waals surface area contributed by atoms with Gasteiger partial charge in [0.2, 0.25) is 0 Å². The summed E-state index contributed by atoms with van der Waals surface area (Å²) in [7, 11) is 1.43. The van der Waals surface area contributed by atoms with Gasteiger partial charge in [0.1, 0.15) is 5.67 Å². The number of rotatable bonds is 2. The molecule has 0 aliphatic heterocycles. The van der Waals surface area contributed by atoms with Crippen molar-refractivity contribution < 1.29 is 12.8 Å². The van der Waals surface area contributed by atoms with Gasteiger partial charge in [0.05, 0.1) is 4.90 Å². The summed E-state index contributed by atoms with van der Waals surface area (Å²) in [5.41, 5.74) is -1.32. The molecule has 5 heteroatoms. The summed E-state index contributed by atoms with van der Waals surface area (Å²) in [6.45, 7) is 0. The van der Waals surface area contributed by atoms with Gasteiger partial charge in [-0.05, 0) is 31.7 Å². The van der Waals surface area contributed by atoms with Gasteiger partial charge < -0.3 is 0 Å². The van der Waals surface area contributed by atoms with E-state index in [-0.39, 0.29) is 10.5 Å². The first-order valence-corrected chi connectivity index (χ1v) is 7.47. The minimum atomic E-state index is -3.88. The fourth-order valence-corrected chi connectivity index (χ4v) is 3.41. The largest absolute Gasteiger partial charge is 0.261 e. The van der Waals surface area contributed by atoms with Gasteiger partial charge in [-0.1, -0.05) is 18.2 Å². The Morgan fingerprint density at radius 3 is 2.31 bits per heavy atom. The highest BCUT2D eigenvalue weighted by molar-refractivity contribution is 8.13. The summed E-state index contributed by atoms with van der Waals surface area (Å²) in [6, 6.07) is 6.07. The number of alkyl halides is 1. The topological polar surface area (TPSA) is 34.1 Å². The van der Waals surface area contributed by atoms with Crippen LogP contribution in [0.4, 0.5) is 4.39 Å². The van der Waals surface area contributed by atoms with Gasteiger partial charge in [-0.25, -0.2) is 12.8 Å². The Morgan fingerprint density at radius 2 is 1.75 bits per heavy atom. The van der Waals surface area contributed by atoms with Gasteiger partial charge in [0, 0.05) is 16.2 Å². The summed E-state index contributed by atoms with van der Waals surface area (Å²) in [4.78, 5) is -0.0962. The highest BCUT2D eigenvalue weighted by Gasteiger charge is 2.39. The summed E-state index contributed by atoms with van der Waals surface area (Å²) in [5, 5.41) is 0. The highest BCUT2D eigenvalue weighted by atomic mass is 35.7. The van der Waals surface area contributed by atoms with Crippen LogP contribution in [0.5, 0.6) is 0 Å². The molecule has 1 saturated carbocycles. The molecule has 0 spiro atoms. The summed E-state index contributed by atoms with van der Waals surface area (Å²) in [5.74, 6) is 0. The quantitative estimate of drug-likeness (QED) is 0.766. The average molecular weight is 263 g/mol. The molecule has 0 amide bonds. The molecule has 88 valence electrons. The van der Waals surface area contributed by atoms with E-state index >= 15 is 0 Å². The zero-order valence-corrected chi connectivity index (χ0v) is 10.2. The lowest BCUT2D eigenvalue weighted by atomic mass is 9.94. The van der Waals surface area contributed by atoms with Crippen molar-refractivity contribution in [3.8, 4) is 0 Å². The second-order valence-electron chi connectivity index (χ2n) is 4.11. The second kappa shape index (κ2) is 4.00. The lowest BCUT2D eigenvalue weighted by molar-refractivity contribution is 0.170. The summed E-state index contributed by atoms with van der Waals surface area (Å²) in [6.07, 6.45) is 2.31. The van der Waals surface area contributed by atoms with Crippen molar-refractivity contribution in [3.63, 3.8) is 0 Å². The van der Waals surface area contributed by atoms with Crippen LogP contribution in [0.3, 0.4) is 0 Å². The van der Waals surface area contributed by atoms with Gasteiger partial charge in [-0.15, -0.1) is 0 Å². The first-order valence-electron chi connectivity index (χ1n) is 5.17. The van der Waals surface area contributed by atoms with Crippen LogP contribution < -0.4 is 0 Å². The standard InChI is InChI=1S/C11H12ClFO2S/c12-16(14,15)10-6-2-1-5-9(10)11(13)7-3-4-8-11/h1-2,5-6H,3-4,7-8H2. The van der Waals surface area contributed by atoms with E-state index in [9.17, 15) is 12.8 Å². The molecule has 0 aromatic heterocycles. The van der Waals surface area contributed by atoms with Crippen LogP contribution in [-0.2, 0) is 14.7 Å². The Kier molecular flexibility index (Phi) is 2.97. The molecule has 0 N–H and O–H groups in total. The van der Waals surface area contributed by atoms with Crippen molar-refractivity contribution in [2.24, 2.45) is 0 Å². The van der Waals surface area contributed by atoms with Crippen molar-refractivity contribution in [1.82, 2.24) is 0 Å². The maximum atomic E-state index is 14.5. The zero-order chi connectivity index (χ0) is 11.8. The van der Waals surface area contributed by atoms with Crippen LogP contribution in [-0.4, -0.2) is 8.42 Å². The van der Waals surface area contributed by atoms with Gasteiger partial charge in [0.25, 0.3) is 9.05 Å².